The molecule has 0 saturated heterocycles. The predicted octanol–water partition coefficient (Wildman–Crippen LogP) is 3.38. The third-order valence-corrected chi connectivity index (χ3v) is 4.48. The summed E-state index contributed by atoms with van der Waals surface area (Å²) in [6.07, 6.45) is 3.29. The molecule has 4 nitrogen and oxygen atoms in total. The Balaban J connectivity index is 1.70. The number of fused-ring (bicyclic) bond motifs is 2. The lowest BCUT2D eigenvalue weighted by molar-refractivity contribution is -0.136. The number of benzene rings is 2. The van der Waals surface area contributed by atoms with Crippen molar-refractivity contribution in [2.24, 2.45) is 0 Å². The van der Waals surface area contributed by atoms with Gasteiger partial charge in [-0.15, -0.1) is 0 Å². The molecule has 24 heavy (non-hydrogen) atoms. The van der Waals surface area contributed by atoms with E-state index in [1.54, 1.807) is 0 Å². The van der Waals surface area contributed by atoms with Gasteiger partial charge in [0.25, 0.3) is 0 Å². The Morgan fingerprint density at radius 1 is 0.958 bits per heavy atom. The second kappa shape index (κ2) is 7.97. The average Bonchev–Trinajstić information content (AvgIpc) is 2.75. The number of carboxylic acids is 1. The summed E-state index contributed by atoms with van der Waals surface area (Å²) in [6, 6.07) is 17.3. The number of carbonyl (C=O) groups is 1. The molecule has 0 amide bonds. The zero-order chi connectivity index (χ0) is 16.8. The highest BCUT2D eigenvalue weighted by molar-refractivity contribution is 5.71. The number of rotatable bonds is 7. The van der Waals surface area contributed by atoms with E-state index in [1.165, 1.54) is 22.5 Å². The number of hydrogen-bond acceptors (Lipinski definition) is 3. The number of nitrogens with zero attached hydrogens (tertiary/aromatic N) is 1. The summed E-state index contributed by atoms with van der Waals surface area (Å²) >= 11 is 0. The van der Waals surface area contributed by atoms with Crippen molar-refractivity contribution in [3.8, 4) is 0 Å². The summed E-state index contributed by atoms with van der Waals surface area (Å²) in [5.41, 5.74) is 5.39. The maximum absolute atomic E-state index is 10.5. The van der Waals surface area contributed by atoms with Crippen LogP contribution in [0.1, 0.15) is 24.0 Å². The van der Waals surface area contributed by atoms with E-state index in [-0.39, 0.29) is 6.42 Å². The monoisotopic (exact) mass is 324 g/mol. The summed E-state index contributed by atoms with van der Waals surface area (Å²) < 4.78 is 0. The van der Waals surface area contributed by atoms with Crippen molar-refractivity contribution in [1.82, 2.24) is 5.32 Å². The fourth-order valence-corrected chi connectivity index (χ4v) is 3.29. The first-order chi connectivity index (χ1) is 11.8. The van der Waals surface area contributed by atoms with Gasteiger partial charge < -0.3 is 15.3 Å². The third-order valence-electron chi connectivity index (χ3n) is 4.48. The molecule has 3 rings (SSSR count). The highest BCUT2D eigenvalue weighted by Crippen LogP contribution is 2.35. The van der Waals surface area contributed by atoms with Crippen LogP contribution >= 0.6 is 0 Å². The number of carboxylic acid groups (broad SMARTS) is 1. The van der Waals surface area contributed by atoms with E-state index in [0.717, 1.165) is 32.4 Å². The first kappa shape index (κ1) is 16.5. The zero-order valence-corrected chi connectivity index (χ0v) is 13.9. The van der Waals surface area contributed by atoms with Crippen molar-refractivity contribution in [2.75, 3.05) is 24.5 Å². The van der Waals surface area contributed by atoms with Crippen molar-refractivity contribution >= 4 is 17.3 Å². The van der Waals surface area contributed by atoms with E-state index in [9.17, 15) is 4.79 Å². The van der Waals surface area contributed by atoms with Crippen LogP contribution in [-0.2, 0) is 17.6 Å². The van der Waals surface area contributed by atoms with Gasteiger partial charge in [-0.1, -0.05) is 36.4 Å². The Bertz CT molecular complexity index is 652. The molecule has 4 heteroatoms. The molecule has 0 unspecified atom stereocenters. The normalized spacial score (nSPS) is 13.1. The molecule has 1 aliphatic heterocycles. The largest absolute Gasteiger partial charge is 0.481 e. The van der Waals surface area contributed by atoms with E-state index >= 15 is 0 Å². The highest BCUT2D eigenvalue weighted by Gasteiger charge is 2.19. The molecule has 0 spiro atoms. The lowest BCUT2D eigenvalue weighted by Gasteiger charge is -2.27. The predicted molar refractivity (Wildman–Crippen MR) is 97.0 cm³/mol. The fraction of sp³-hybridized carbons (Fsp3) is 0.350. The molecule has 0 atom stereocenters. The molecule has 0 aromatic heterocycles. The first-order valence-corrected chi connectivity index (χ1v) is 8.61. The molecule has 0 aliphatic carbocycles. The highest BCUT2D eigenvalue weighted by atomic mass is 16.4. The summed E-state index contributed by atoms with van der Waals surface area (Å²) in [5.74, 6) is -0.752. The van der Waals surface area contributed by atoms with Gasteiger partial charge in [0.05, 0.1) is 6.42 Å². The van der Waals surface area contributed by atoms with Crippen molar-refractivity contribution < 1.29 is 9.90 Å². The lowest BCUT2D eigenvalue weighted by Crippen LogP contribution is -2.25. The van der Waals surface area contributed by atoms with Gasteiger partial charge >= 0.3 is 5.97 Å². The number of anilines is 2. The quantitative estimate of drug-likeness (QED) is 0.767. The van der Waals surface area contributed by atoms with Gasteiger partial charge in [-0.2, -0.15) is 0 Å². The van der Waals surface area contributed by atoms with Gasteiger partial charge in [0.1, 0.15) is 0 Å². The van der Waals surface area contributed by atoms with Crippen LogP contribution in [0.2, 0.25) is 0 Å². The fourth-order valence-electron chi connectivity index (χ4n) is 3.29. The van der Waals surface area contributed by atoms with E-state index in [4.69, 9.17) is 5.11 Å². The van der Waals surface area contributed by atoms with E-state index in [0.29, 0.717) is 6.54 Å². The molecule has 0 bridgehead atoms. The van der Waals surface area contributed by atoms with Gasteiger partial charge in [-0.05, 0) is 49.1 Å². The molecule has 0 saturated carbocycles. The van der Waals surface area contributed by atoms with Gasteiger partial charge in [-0.3, -0.25) is 4.79 Å². The van der Waals surface area contributed by atoms with Crippen molar-refractivity contribution in [3.05, 3.63) is 59.7 Å². The number of para-hydroxylation sites is 2. The first-order valence-electron chi connectivity index (χ1n) is 8.61. The minimum atomic E-state index is -0.752. The van der Waals surface area contributed by atoms with Crippen LogP contribution in [0.15, 0.2) is 48.5 Å². The Labute approximate surface area is 143 Å². The third kappa shape index (κ3) is 3.95. The SMILES string of the molecule is O=C(O)CCNCCCN1c2ccccc2CCc2ccccc21. The van der Waals surface area contributed by atoms with E-state index in [1.807, 2.05) is 0 Å². The minimum Gasteiger partial charge on any atom is -0.481 e. The van der Waals surface area contributed by atoms with Crippen molar-refractivity contribution in [2.45, 2.75) is 25.7 Å². The maximum Gasteiger partial charge on any atom is 0.304 e. The van der Waals surface area contributed by atoms with Gasteiger partial charge in [-0.25, -0.2) is 0 Å². The van der Waals surface area contributed by atoms with Crippen molar-refractivity contribution in [3.63, 3.8) is 0 Å². The maximum atomic E-state index is 10.5. The summed E-state index contributed by atoms with van der Waals surface area (Å²) in [7, 11) is 0. The Hall–Kier alpha value is -2.33. The minimum absolute atomic E-state index is 0.176. The number of aryl methyl sites for hydroxylation is 2. The van der Waals surface area contributed by atoms with Crippen molar-refractivity contribution in [1.29, 1.82) is 0 Å². The van der Waals surface area contributed by atoms with Crippen LogP contribution < -0.4 is 10.2 Å². The van der Waals surface area contributed by atoms with Crippen LogP contribution in [0.4, 0.5) is 11.4 Å². The van der Waals surface area contributed by atoms with Crippen LogP contribution in [0.25, 0.3) is 0 Å². The molecule has 0 radical (unpaired) electrons. The molecular formula is C20H24N2O2. The zero-order valence-electron chi connectivity index (χ0n) is 13.9. The molecule has 2 N–H and O–H groups in total. The molecule has 2 aromatic rings. The van der Waals surface area contributed by atoms with Crippen LogP contribution in [-0.4, -0.2) is 30.7 Å². The van der Waals surface area contributed by atoms with Gasteiger partial charge in [0, 0.05) is 24.5 Å². The van der Waals surface area contributed by atoms with Gasteiger partial charge in [0.2, 0.25) is 0 Å². The smallest absolute Gasteiger partial charge is 0.304 e. The van der Waals surface area contributed by atoms with E-state index < -0.39 is 5.97 Å². The Morgan fingerprint density at radius 3 is 2.12 bits per heavy atom. The molecule has 1 heterocycles. The molecule has 126 valence electrons. The number of hydrogen-bond donors (Lipinski definition) is 2. The summed E-state index contributed by atoms with van der Waals surface area (Å²) in [4.78, 5) is 13.0. The standard InChI is InChI=1S/C20H24N2O2/c23-20(24)12-14-21-13-5-15-22-18-8-3-1-6-16(18)10-11-17-7-2-4-9-19(17)22/h1-4,6-9,21H,5,10-15H2,(H,23,24). The topological polar surface area (TPSA) is 52.6 Å². The van der Waals surface area contributed by atoms with Crippen LogP contribution in [0.5, 0.6) is 0 Å². The molecular weight excluding hydrogens is 300 g/mol. The summed E-state index contributed by atoms with van der Waals surface area (Å²) in [5, 5.41) is 11.9. The Morgan fingerprint density at radius 2 is 1.54 bits per heavy atom. The number of nitrogens with one attached hydrogen (secondary N) is 1. The van der Waals surface area contributed by atoms with Crippen LogP contribution in [0, 0.1) is 0 Å². The molecule has 2 aromatic carbocycles. The second-order valence-electron chi connectivity index (χ2n) is 6.16. The average molecular weight is 324 g/mol. The second-order valence-corrected chi connectivity index (χ2v) is 6.16. The molecule has 0 fully saturated rings. The number of aliphatic carboxylic acids is 1. The van der Waals surface area contributed by atoms with Crippen LogP contribution in [0.3, 0.4) is 0 Å². The molecule has 1 aliphatic rings. The van der Waals surface area contributed by atoms with E-state index in [2.05, 4.69) is 58.7 Å². The summed E-state index contributed by atoms with van der Waals surface area (Å²) in [6.45, 7) is 2.28. The van der Waals surface area contributed by atoms with Gasteiger partial charge in [0.15, 0.2) is 0 Å². The Kier molecular flexibility index (Phi) is 5.49. The lowest BCUT2D eigenvalue weighted by atomic mass is 10.0.